The van der Waals surface area contributed by atoms with E-state index < -0.39 is 0 Å². The number of aryl methyl sites for hydroxylation is 1. The Morgan fingerprint density at radius 3 is 2.45 bits per heavy atom. The monoisotopic (exact) mass is 407 g/mol. The Labute approximate surface area is 177 Å². The highest BCUT2D eigenvalue weighted by Crippen LogP contribution is 2.31. The maximum atomic E-state index is 6.08. The van der Waals surface area contributed by atoms with Gasteiger partial charge in [-0.25, -0.2) is 9.97 Å². The van der Waals surface area contributed by atoms with Crippen molar-refractivity contribution in [1.82, 2.24) is 15.3 Å². The summed E-state index contributed by atoms with van der Waals surface area (Å²) in [5.41, 5.74) is 4.86. The molecule has 0 bridgehead atoms. The predicted molar refractivity (Wildman–Crippen MR) is 118 cm³/mol. The van der Waals surface area contributed by atoms with Crippen molar-refractivity contribution in [2.24, 2.45) is 0 Å². The van der Waals surface area contributed by atoms with E-state index in [9.17, 15) is 0 Å². The summed E-state index contributed by atoms with van der Waals surface area (Å²) in [6, 6.07) is 16.6. The standard InChI is InChI=1S/C24H26ClN3O/c1-17-5-7-18(8-6-17)23-24(19-9-11-20(25)12-10-19)28-22(16-27-23)29-15-13-21-4-2-3-14-26-21/h5-12,16,21,26H,2-4,13-15H2,1H3. The van der Waals surface area contributed by atoms with Crippen LogP contribution in [0.5, 0.6) is 5.88 Å². The Hall–Kier alpha value is -2.43. The average Bonchev–Trinajstić information content (AvgIpc) is 2.76. The molecule has 1 atom stereocenters. The minimum absolute atomic E-state index is 0.541. The van der Waals surface area contributed by atoms with Crippen LogP contribution in [0.2, 0.25) is 5.02 Å². The van der Waals surface area contributed by atoms with Gasteiger partial charge in [-0.3, -0.25) is 0 Å². The van der Waals surface area contributed by atoms with E-state index in [4.69, 9.17) is 26.3 Å². The van der Waals surface area contributed by atoms with Crippen LogP contribution in [0.4, 0.5) is 0 Å². The van der Waals surface area contributed by atoms with Gasteiger partial charge in [0.2, 0.25) is 5.88 Å². The van der Waals surface area contributed by atoms with Gasteiger partial charge < -0.3 is 10.1 Å². The third-order valence-corrected chi connectivity index (χ3v) is 5.57. The van der Waals surface area contributed by atoms with E-state index in [0.717, 1.165) is 35.5 Å². The molecule has 1 aromatic heterocycles. The molecule has 1 aliphatic rings. The highest BCUT2D eigenvalue weighted by Gasteiger charge is 2.15. The summed E-state index contributed by atoms with van der Waals surface area (Å²) < 4.78 is 5.96. The maximum absolute atomic E-state index is 6.08. The quantitative estimate of drug-likeness (QED) is 0.570. The van der Waals surface area contributed by atoms with Crippen molar-refractivity contribution in [1.29, 1.82) is 0 Å². The van der Waals surface area contributed by atoms with Crippen molar-refractivity contribution in [3.8, 4) is 28.4 Å². The molecule has 0 amide bonds. The number of halogens is 1. The Morgan fingerprint density at radius 1 is 1.00 bits per heavy atom. The van der Waals surface area contributed by atoms with Crippen molar-refractivity contribution < 1.29 is 4.74 Å². The van der Waals surface area contributed by atoms with Crippen molar-refractivity contribution in [3.63, 3.8) is 0 Å². The van der Waals surface area contributed by atoms with Gasteiger partial charge in [-0.1, -0.05) is 60.0 Å². The van der Waals surface area contributed by atoms with E-state index in [2.05, 4.69) is 36.5 Å². The van der Waals surface area contributed by atoms with Gasteiger partial charge in [-0.15, -0.1) is 0 Å². The zero-order valence-corrected chi connectivity index (χ0v) is 17.5. The summed E-state index contributed by atoms with van der Waals surface area (Å²) in [6.07, 6.45) is 6.50. The molecule has 1 unspecified atom stereocenters. The molecule has 1 saturated heterocycles. The molecular weight excluding hydrogens is 382 g/mol. The summed E-state index contributed by atoms with van der Waals surface area (Å²) in [5.74, 6) is 0.557. The molecule has 29 heavy (non-hydrogen) atoms. The number of hydrogen-bond donors (Lipinski definition) is 1. The Bertz CT molecular complexity index is 935. The van der Waals surface area contributed by atoms with E-state index in [1.807, 2.05) is 24.3 Å². The van der Waals surface area contributed by atoms with Gasteiger partial charge in [0, 0.05) is 22.2 Å². The van der Waals surface area contributed by atoms with Crippen molar-refractivity contribution in [2.75, 3.05) is 13.2 Å². The van der Waals surface area contributed by atoms with Crippen LogP contribution in [0.25, 0.3) is 22.5 Å². The minimum Gasteiger partial charge on any atom is -0.476 e. The molecule has 1 N–H and O–H groups in total. The molecule has 4 rings (SSSR count). The maximum Gasteiger partial charge on any atom is 0.232 e. The highest BCUT2D eigenvalue weighted by molar-refractivity contribution is 6.30. The summed E-state index contributed by atoms with van der Waals surface area (Å²) in [6.45, 7) is 3.82. The van der Waals surface area contributed by atoms with Crippen LogP contribution >= 0.6 is 11.6 Å². The van der Waals surface area contributed by atoms with Gasteiger partial charge in [0.05, 0.1) is 18.5 Å². The molecule has 2 aromatic carbocycles. The minimum atomic E-state index is 0.541. The second-order valence-corrected chi connectivity index (χ2v) is 8.00. The Kier molecular flexibility index (Phi) is 6.43. The van der Waals surface area contributed by atoms with Gasteiger partial charge in [0.25, 0.3) is 0 Å². The summed E-state index contributed by atoms with van der Waals surface area (Å²) in [5, 5.41) is 4.25. The van der Waals surface area contributed by atoms with Crippen LogP contribution in [0.15, 0.2) is 54.7 Å². The van der Waals surface area contributed by atoms with Crippen LogP contribution in [-0.2, 0) is 0 Å². The lowest BCUT2D eigenvalue weighted by Gasteiger charge is -2.23. The first kappa shape index (κ1) is 19.9. The first-order valence-corrected chi connectivity index (χ1v) is 10.6. The van der Waals surface area contributed by atoms with Crippen LogP contribution in [0.1, 0.15) is 31.2 Å². The second-order valence-electron chi connectivity index (χ2n) is 7.56. The summed E-state index contributed by atoms with van der Waals surface area (Å²) >= 11 is 6.08. The topological polar surface area (TPSA) is 47.0 Å². The molecule has 0 saturated carbocycles. The summed E-state index contributed by atoms with van der Waals surface area (Å²) in [4.78, 5) is 9.51. The molecule has 1 fully saturated rings. The van der Waals surface area contributed by atoms with E-state index >= 15 is 0 Å². The van der Waals surface area contributed by atoms with Crippen LogP contribution in [0.3, 0.4) is 0 Å². The van der Waals surface area contributed by atoms with Crippen molar-refractivity contribution in [3.05, 3.63) is 65.3 Å². The third-order valence-electron chi connectivity index (χ3n) is 5.32. The fourth-order valence-corrected chi connectivity index (χ4v) is 3.78. The number of aromatic nitrogens is 2. The fraction of sp³-hybridized carbons (Fsp3) is 0.333. The number of hydrogen-bond acceptors (Lipinski definition) is 4. The van der Waals surface area contributed by atoms with E-state index in [-0.39, 0.29) is 0 Å². The van der Waals surface area contributed by atoms with Gasteiger partial charge in [-0.2, -0.15) is 0 Å². The molecule has 0 radical (unpaired) electrons. The van der Waals surface area contributed by atoms with E-state index in [1.165, 1.54) is 24.8 Å². The molecule has 1 aliphatic heterocycles. The average molecular weight is 408 g/mol. The van der Waals surface area contributed by atoms with E-state index in [1.54, 1.807) is 6.20 Å². The van der Waals surface area contributed by atoms with Gasteiger partial charge in [0.15, 0.2) is 0 Å². The van der Waals surface area contributed by atoms with Gasteiger partial charge in [0.1, 0.15) is 5.69 Å². The number of piperidine rings is 1. The highest BCUT2D eigenvalue weighted by atomic mass is 35.5. The summed E-state index contributed by atoms with van der Waals surface area (Å²) in [7, 11) is 0. The molecule has 2 heterocycles. The number of nitrogens with one attached hydrogen (secondary N) is 1. The smallest absolute Gasteiger partial charge is 0.232 e. The zero-order valence-electron chi connectivity index (χ0n) is 16.7. The molecular formula is C24H26ClN3O. The van der Waals surface area contributed by atoms with Crippen LogP contribution < -0.4 is 10.1 Å². The number of rotatable bonds is 6. The van der Waals surface area contributed by atoms with Gasteiger partial charge >= 0.3 is 0 Å². The normalized spacial score (nSPS) is 16.6. The number of nitrogens with zero attached hydrogens (tertiary/aromatic N) is 2. The lowest BCUT2D eigenvalue weighted by molar-refractivity contribution is 0.260. The van der Waals surface area contributed by atoms with Crippen LogP contribution in [-0.4, -0.2) is 29.2 Å². The van der Waals surface area contributed by atoms with Gasteiger partial charge in [-0.05, 0) is 44.9 Å². The number of benzene rings is 2. The molecule has 150 valence electrons. The third kappa shape index (κ3) is 5.14. The Balaban J connectivity index is 1.58. The lowest BCUT2D eigenvalue weighted by atomic mass is 10.0. The molecule has 5 heteroatoms. The van der Waals surface area contributed by atoms with Crippen molar-refractivity contribution >= 4 is 11.6 Å². The zero-order chi connectivity index (χ0) is 20.1. The molecule has 0 spiro atoms. The second kappa shape index (κ2) is 9.38. The van der Waals surface area contributed by atoms with Crippen molar-refractivity contribution in [2.45, 2.75) is 38.6 Å². The predicted octanol–water partition coefficient (Wildman–Crippen LogP) is 5.68. The molecule has 0 aliphatic carbocycles. The fourth-order valence-electron chi connectivity index (χ4n) is 3.65. The Morgan fingerprint density at radius 2 is 1.72 bits per heavy atom. The number of ether oxygens (including phenoxy) is 1. The lowest BCUT2D eigenvalue weighted by Crippen LogP contribution is -2.35. The molecule has 4 nitrogen and oxygen atoms in total. The largest absolute Gasteiger partial charge is 0.476 e. The van der Waals surface area contributed by atoms with E-state index in [0.29, 0.717) is 23.6 Å². The molecule has 3 aromatic rings. The first-order chi connectivity index (χ1) is 14.2. The SMILES string of the molecule is Cc1ccc(-c2ncc(OCCC3CCCCN3)nc2-c2ccc(Cl)cc2)cc1. The van der Waals surface area contributed by atoms with Crippen LogP contribution in [0, 0.1) is 6.92 Å². The first-order valence-electron chi connectivity index (χ1n) is 10.3.